The van der Waals surface area contributed by atoms with E-state index in [9.17, 15) is 19.4 Å². The normalized spacial score (nSPS) is 12.0. The van der Waals surface area contributed by atoms with Crippen molar-refractivity contribution >= 4 is 17.5 Å². The van der Waals surface area contributed by atoms with Gasteiger partial charge in [0.05, 0.1) is 23.2 Å². The summed E-state index contributed by atoms with van der Waals surface area (Å²) < 4.78 is 13.0. The van der Waals surface area contributed by atoms with Gasteiger partial charge in [0.15, 0.2) is 0 Å². The minimum absolute atomic E-state index is 0.0128. The number of carbonyl (C=O) groups excluding carboxylic acids is 1. The molecule has 0 heterocycles. The minimum atomic E-state index is -0.524. The number of hydrogen-bond donors (Lipinski definition) is 3. The second-order valence-corrected chi connectivity index (χ2v) is 5.25. The molecular weight excluding hydrogens is 309 g/mol. The van der Waals surface area contributed by atoms with Crippen LogP contribution in [-0.4, -0.2) is 28.8 Å². The van der Waals surface area contributed by atoms with Crippen LogP contribution in [0.5, 0.6) is 5.75 Å². The fourth-order valence-corrected chi connectivity index (χ4v) is 2.27. The highest BCUT2D eigenvalue weighted by atomic mass is 35.5. The summed E-state index contributed by atoms with van der Waals surface area (Å²) in [4.78, 5) is 12.1. The van der Waals surface area contributed by atoms with Crippen molar-refractivity contribution in [1.82, 2.24) is 5.32 Å². The van der Waals surface area contributed by atoms with Crippen LogP contribution in [0.15, 0.2) is 42.5 Å². The second-order valence-electron chi connectivity index (χ2n) is 4.85. The van der Waals surface area contributed by atoms with Gasteiger partial charge in [-0.2, -0.15) is 0 Å². The van der Waals surface area contributed by atoms with Crippen molar-refractivity contribution in [3.63, 3.8) is 0 Å². The molecule has 1 amide bonds. The van der Waals surface area contributed by atoms with Crippen LogP contribution in [0, 0.1) is 5.82 Å². The Morgan fingerprint density at radius 2 is 1.91 bits per heavy atom. The number of phenols is 1. The lowest BCUT2D eigenvalue weighted by Gasteiger charge is -2.17. The zero-order valence-electron chi connectivity index (χ0n) is 11.6. The summed E-state index contributed by atoms with van der Waals surface area (Å²) in [5.74, 6) is -0.862. The fraction of sp³-hybridized carbons (Fsp3) is 0.188. The van der Waals surface area contributed by atoms with Crippen LogP contribution in [0.4, 0.5) is 4.39 Å². The van der Waals surface area contributed by atoms with Gasteiger partial charge in [-0.15, -0.1) is 0 Å². The molecule has 6 heteroatoms. The lowest BCUT2D eigenvalue weighted by atomic mass is 10.1. The molecule has 2 aromatic rings. The average molecular weight is 324 g/mol. The van der Waals surface area contributed by atoms with E-state index < -0.39 is 17.8 Å². The maximum Gasteiger partial charge on any atom is 0.253 e. The molecule has 0 bridgehead atoms. The molecule has 0 aliphatic heterocycles. The molecule has 0 aliphatic rings. The molecule has 0 saturated heterocycles. The second kappa shape index (κ2) is 7.24. The van der Waals surface area contributed by atoms with Crippen molar-refractivity contribution in [1.29, 1.82) is 0 Å². The minimum Gasteiger partial charge on any atom is -0.508 e. The standard InChI is InChI=1S/C16H15ClFNO3/c17-15-8-11(18)3-6-14(15)16(22)19-12(9-20)7-10-1-4-13(21)5-2-10/h1-6,8,12,20-21H,7,9H2,(H,19,22)/t12-/m0/s1. The SMILES string of the molecule is O=C(N[C@H](CO)Cc1ccc(O)cc1)c1ccc(F)cc1Cl. The highest BCUT2D eigenvalue weighted by Gasteiger charge is 2.16. The quantitative estimate of drug-likeness (QED) is 0.792. The largest absolute Gasteiger partial charge is 0.508 e. The molecular formula is C16H15ClFNO3. The first-order valence-electron chi connectivity index (χ1n) is 6.64. The Bertz CT molecular complexity index is 661. The van der Waals surface area contributed by atoms with Gasteiger partial charge in [-0.25, -0.2) is 4.39 Å². The Labute approximate surface area is 132 Å². The van der Waals surface area contributed by atoms with Crippen molar-refractivity contribution in [2.75, 3.05) is 6.61 Å². The zero-order chi connectivity index (χ0) is 16.1. The van der Waals surface area contributed by atoms with Gasteiger partial charge in [-0.3, -0.25) is 4.79 Å². The third kappa shape index (κ3) is 4.19. The van der Waals surface area contributed by atoms with Gasteiger partial charge in [0.25, 0.3) is 5.91 Å². The van der Waals surface area contributed by atoms with Gasteiger partial charge >= 0.3 is 0 Å². The number of nitrogens with one attached hydrogen (secondary N) is 1. The summed E-state index contributed by atoms with van der Waals surface area (Å²) in [5.41, 5.74) is 0.995. The van der Waals surface area contributed by atoms with Crippen LogP contribution < -0.4 is 5.32 Å². The summed E-state index contributed by atoms with van der Waals surface area (Å²) in [6, 6.07) is 9.45. The van der Waals surface area contributed by atoms with Crippen LogP contribution in [0.1, 0.15) is 15.9 Å². The van der Waals surface area contributed by atoms with Crippen molar-refractivity contribution < 1.29 is 19.4 Å². The molecule has 3 N–H and O–H groups in total. The third-order valence-corrected chi connectivity index (χ3v) is 3.46. The average Bonchev–Trinajstić information content (AvgIpc) is 2.48. The lowest BCUT2D eigenvalue weighted by Crippen LogP contribution is -2.39. The number of benzene rings is 2. The zero-order valence-corrected chi connectivity index (χ0v) is 12.3. The molecule has 0 aromatic heterocycles. The number of aromatic hydroxyl groups is 1. The van der Waals surface area contributed by atoms with E-state index in [1.807, 2.05) is 0 Å². The predicted molar refractivity (Wildman–Crippen MR) is 81.6 cm³/mol. The van der Waals surface area contributed by atoms with Crippen LogP contribution in [0.3, 0.4) is 0 Å². The maximum atomic E-state index is 13.0. The molecule has 0 fully saturated rings. The molecule has 0 saturated carbocycles. The predicted octanol–water partition coefficient (Wildman–Crippen LogP) is 2.52. The van der Waals surface area contributed by atoms with E-state index in [0.717, 1.165) is 17.7 Å². The Balaban J connectivity index is 2.06. The molecule has 2 aromatic carbocycles. The van der Waals surface area contributed by atoms with E-state index in [1.54, 1.807) is 12.1 Å². The molecule has 116 valence electrons. The summed E-state index contributed by atoms with van der Waals surface area (Å²) in [7, 11) is 0. The number of rotatable bonds is 5. The van der Waals surface area contributed by atoms with E-state index in [0.29, 0.717) is 6.42 Å². The smallest absolute Gasteiger partial charge is 0.253 e. The van der Waals surface area contributed by atoms with Gasteiger partial charge in [0.2, 0.25) is 0 Å². The van der Waals surface area contributed by atoms with Crippen molar-refractivity contribution in [2.24, 2.45) is 0 Å². The molecule has 4 nitrogen and oxygen atoms in total. The molecule has 0 aliphatic carbocycles. The summed E-state index contributed by atoms with van der Waals surface area (Å²) in [6.45, 7) is -0.259. The summed E-state index contributed by atoms with van der Waals surface area (Å²) in [6.07, 6.45) is 0.390. The third-order valence-electron chi connectivity index (χ3n) is 3.15. The molecule has 1 atom stereocenters. The number of carbonyl (C=O) groups is 1. The number of aliphatic hydroxyl groups is 1. The van der Waals surface area contributed by atoms with Crippen molar-refractivity contribution in [2.45, 2.75) is 12.5 Å². The fourth-order valence-electron chi connectivity index (χ4n) is 2.01. The van der Waals surface area contributed by atoms with Crippen molar-refractivity contribution in [3.05, 3.63) is 64.4 Å². The van der Waals surface area contributed by atoms with Crippen LogP contribution in [0.25, 0.3) is 0 Å². The molecule has 0 spiro atoms. The number of amides is 1. The maximum absolute atomic E-state index is 13.0. The first-order valence-corrected chi connectivity index (χ1v) is 7.02. The van der Waals surface area contributed by atoms with E-state index in [2.05, 4.69) is 5.32 Å². The van der Waals surface area contributed by atoms with E-state index in [1.165, 1.54) is 18.2 Å². The van der Waals surface area contributed by atoms with Crippen LogP contribution >= 0.6 is 11.6 Å². The molecule has 0 radical (unpaired) electrons. The highest BCUT2D eigenvalue weighted by Crippen LogP contribution is 2.17. The summed E-state index contributed by atoms with van der Waals surface area (Å²) >= 11 is 5.84. The van der Waals surface area contributed by atoms with Crippen LogP contribution in [-0.2, 0) is 6.42 Å². The molecule has 22 heavy (non-hydrogen) atoms. The lowest BCUT2D eigenvalue weighted by molar-refractivity contribution is 0.0916. The van der Waals surface area contributed by atoms with Crippen molar-refractivity contribution in [3.8, 4) is 5.75 Å². The number of phenolic OH excluding ortho intramolecular Hbond substituents is 1. The molecule has 0 unspecified atom stereocenters. The van der Waals surface area contributed by atoms with Crippen LogP contribution in [0.2, 0.25) is 5.02 Å². The van der Waals surface area contributed by atoms with Gasteiger partial charge in [-0.05, 0) is 42.3 Å². The first-order chi connectivity index (χ1) is 10.5. The number of halogens is 2. The first kappa shape index (κ1) is 16.3. The van der Waals surface area contributed by atoms with Gasteiger partial charge in [0, 0.05) is 0 Å². The molecule has 2 rings (SSSR count). The summed E-state index contributed by atoms with van der Waals surface area (Å²) in [5, 5.41) is 21.3. The van der Waals surface area contributed by atoms with E-state index in [-0.39, 0.29) is 22.9 Å². The monoisotopic (exact) mass is 323 g/mol. The van der Waals surface area contributed by atoms with E-state index >= 15 is 0 Å². The van der Waals surface area contributed by atoms with Gasteiger partial charge in [-0.1, -0.05) is 23.7 Å². The van der Waals surface area contributed by atoms with Gasteiger partial charge < -0.3 is 15.5 Å². The Kier molecular flexibility index (Phi) is 5.35. The topological polar surface area (TPSA) is 69.6 Å². The van der Waals surface area contributed by atoms with Gasteiger partial charge in [0.1, 0.15) is 11.6 Å². The number of aliphatic hydroxyl groups excluding tert-OH is 1. The Hall–Kier alpha value is -2.11. The van der Waals surface area contributed by atoms with E-state index in [4.69, 9.17) is 11.6 Å². The Morgan fingerprint density at radius 3 is 2.50 bits per heavy atom. The highest BCUT2D eigenvalue weighted by molar-refractivity contribution is 6.33. The number of hydrogen-bond acceptors (Lipinski definition) is 3. The Morgan fingerprint density at radius 1 is 1.23 bits per heavy atom.